The number of rotatable bonds is 7. The summed E-state index contributed by atoms with van der Waals surface area (Å²) < 4.78 is 0.537. The second-order valence-corrected chi connectivity index (χ2v) is 7.91. The second kappa shape index (κ2) is 15.9. The van der Waals surface area contributed by atoms with Crippen LogP contribution in [-0.2, 0) is 18.3 Å². The van der Waals surface area contributed by atoms with Gasteiger partial charge in [0.05, 0.1) is 0 Å². The van der Waals surface area contributed by atoms with Crippen LogP contribution in [0.2, 0.25) is 5.02 Å². The van der Waals surface area contributed by atoms with Gasteiger partial charge in [-0.3, -0.25) is 0 Å². The van der Waals surface area contributed by atoms with Crippen molar-refractivity contribution in [3.8, 4) is 0 Å². The molecule has 0 bridgehead atoms. The summed E-state index contributed by atoms with van der Waals surface area (Å²) in [6.07, 6.45) is 8.74. The van der Waals surface area contributed by atoms with Gasteiger partial charge in [0.15, 0.2) is 0 Å². The van der Waals surface area contributed by atoms with Gasteiger partial charge in [-0.25, -0.2) is 0 Å². The molecule has 1 nitrogen and oxygen atoms in total. The van der Waals surface area contributed by atoms with E-state index in [4.69, 9.17) is 5.73 Å². The number of thioether (sulfide) groups is 1. The summed E-state index contributed by atoms with van der Waals surface area (Å²) in [6.45, 7) is 6.39. The number of thiocarbonyl (C=S) groups is 1. The molecule has 0 aromatic heterocycles. The van der Waals surface area contributed by atoms with Gasteiger partial charge in [-0.05, 0) is 0 Å². The molecule has 0 aromatic carbocycles. The minimum atomic E-state index is 0.525. The molecule has 0 amide bonds. The predicted octanol–water partition coefficient (Wildman–Crippen LogP) is 4.68. The summed E-state index contributed by atoms with van der Waals surface area (Å²) in [5.41, 5.74) is 5.19. The molecule has 0 heterocycles. The van der Waals surface area contributed by atoms with Crippen LogP contribution in [0.15, 0.2) is 0 Å². The molecule has 0 aliphatic rings. The van der Waals surface area contributed by atoms with Crippen molar-refractivity contribution < 1.29 is 18.3 Å². The SMILES string of the molecule is CC(C)SC(N)=S.CCCCCCC[CH2][Zn]. The Morgan fingerprint density at radius 3 is 2.00 bits per heavy atom. The normalized spacial score (nSPS) is 9.88. The molecule has 0 aliphatic carbocycles. The van der Waals surface area contributed by atoms with Crippen molar-refractivity contribution in [1.82, 2.24) is 0 Å². The molecule has 0 atom stereocenters. The number of unbranched alkanes of at least 4 members (excludes halogenated alkanes) is 5. The van der Waals surface area contributed by atoms with Crippen molar-refractivity contribution in [2.75, 3.05) is 0 Å². The first-order chi connectivity index (χ1) is 7.54. The molecular weight excluding hydrogens is 288 g/mol. The van der Waals surface area contributed by atoms with E-state index in [1.54, 1.807) is 0 Å². The van der Waals surface area contributed by atoms with Gasteiger partial charge in [0.25, 0.3) is 0 Å². The Morgan fingerprint density at radius 2 is 1.69 bits per heavy atom. The van der Waals surface area contributed by atoms with Crippen molar-refractivity contribution >= 4 is 28.3 Å². The standard InChI is InChI=1S/C8H17.C4H9NS2.Zn/c1-3-5-7-8-6-4-2;1-3(2)7-4(5)6;/h1,3-8H2,2H3;3H,1-2H3,(H2,5,6);. The third-order valence-corrected chi connectivity index (χ3v) is 4.00. The van der Waals surface area contributed by atoms with E-state index in [0.29, 0.717) is 9.57 Å². The minimum absolute atomic E-state index is 0.525. The Kier molecular flexibility index (Phi) is 19.0. The third-order valence-electron chi connectivity index (χ3n) is 1.96. The number of hydrogen-bond acceptors (Lipinski definition) is 2. The van der Waals surface area contributed by atoms with Crippen molar-refractivity contribution in [1.29, 1.82) is 0 Å². The summed E-state index contributed by atoms with van der Waals surface area (Å²) in [4.78, 5) is 0. The summed E-state index contributed by atoms with van der Waals surface area (Å²) >= 11 is 7.62. The van der Waals surface area contributed by atoms with Gasteiger partial charge < -0.3 is 5.73 Å². The van der Waals surface area contributed by atoms with E-state index in [-0.39, 0.29) is 0 Å². The van der Waals surface area contributed by atoms with Crippen LogP contribution in [0.25, 0.3) is 0 Å². The summed E-state index contributed by atoms with van der Waals surface area (Å²) in [5.74, 6) is 0. The van der Waals surface area contributed by atoms with Crippen LogP contribution < -0.4 is 5.73 Å². The Labute approximate surface area is 121 Å². The van der Waals surface area contributed by atoms with E-state index >= 15 is 0 Å². The van der Waals surface area contributed by atoms with Gasteiger partial charge in [0.2, 0.25) is 0 Å². The summed E-state index contributed by atoms with van der Waals surface area (Å²) in [6, 6.07) is 0. The predicted molar refractivity (Wildman–Crippen MR) is 77.7 cm³/mol. The first-order valence-electron chi connectivity index (χ1n) is 6.29. The van der Waals surface area contributed by atoms with Gasteiger partial charge in [-0.2, -0.15) is 0 Å². The second-order valence-electron chi connectivity index (χ2n) is 4.11. The molecular formula is C12H26NS2Zn. The van der Waals surface area contributed by atoms with E-state index in [9.17, 15) is 0 Å². The Morgan fingerprint density at radius 1 is 1.19 bits per heavy atom. The van der Waals surface area contributed by atoms with E-state index in [1.807, 2.05) is 0 Å². The fraction of sp³-hybridized carbons (Fsp3) is 0.917. The van der Waals surface area contributed by atoms with Crippen LogP contribution in [0.1, 0.15) is 59.3 Å². The average molecular weight is 314 g/mol. The van der Waals surface area contributed by atoms with Crippen molar-refractivity contribution in [3.05, 3.63) is 0 Å². The molecule has 2 N–H and O–H groups in total. The Hall–Kier alpha value is 0.863. The molecule has 16 heavy (non-hydrogen) atoms. The molecule has 0 saturated heterocycles. The van der Waals surface area contributed by atoms with E-state index in [0.717, 1.165) is 0 Å². The van der Waals surface area contributed by atoms with Crippen molar-refractivity contribution in [2.45, 2.75) is 69.6 Å². The van der Waals surface area contributed by atoms with Crippen molar-refractivity contribution in [2.24, 2.45) is 5.73 Å². The summed E-state index contributed by atoms with van der Waals surface area (Å²) in [5, 5.41) is 2.02. The van der Waals surface area contributed by atoms with Gasteiger partial charge >= 0.3 is 68.8 Å². The van der Waals surface area contributed by atoms with Crippen LogP contribution in [0.3, 0.4) is 0 Å². The average Bonchev–Trinajstić information content (AvgIpc) is 2.16. The van der Waals surface area contributed by atoms with Crippen LogP contribution in [0.4, 0.5) is 0 Å². The molecule has 0 saturated carbocycles. The molecule has 0 rings (SSSR count). The van der Waals surface area contributed by atoms with E-state index < -0.39 is 0 Å². The van der Waals surface area contributed by atoms with E-state index in [2.05, 4.69) is 33.0 Å². The molecule has 4 heteroatoms. The summed E-state index contributed by atoms with van der Waals surface area (Å²) in [7, 11) is 0. The van der Waals surface area contributed by atoms with Crippen LogP contribution in [-0.4, -0.2) is 9.57 Å². The quantitative estimate of drug-likeness (QED) is 0.420. The van der Waals surface area contributed by atoms with Crippen LogP contribution in [0.5, 0.6) is 0 Å². The molecule has 0 spiro atoms. The fourth-order valence-electron chi connectivity index (χ4n) is 1.19. The first kappa shape index (κ1) is 19.2. The van der Waals surface area contributed by atoms with Crippen molar-refractivity contribution in [3.63, 3.8) is 0 Å². The van der Waals surface area contributed by atoms with Gasteiger partial charge in [-0.15, -0.1) is 0 Å². The molecule has 0 aromatic rings. The van der Waals surface area contributed by atoms with Gasteiger partial charge in [0, 0.05) is 5.25 Å². The first-order valence-corrected chi connectivity index (χ1v) is 9.68. The van der Waals surface area contributed by atoms with Crippen LogP contribution in [0, 0.1) is 0 Å². The topological polar surface area (TPSA) is 26.0 Å². The van der Waals surface area contributed by atoms with Gasteiger partial charge in [0.1, 0.15) is 4.32 Å². The zero-order valence-electron chi connectivity index (χ0n) is 11.1. The van der Waals surface area contributed by atoms with Crippen LogP contribution >= 0.6 is 24.0 Å². The molecule has 0 aliphatic heterocycles. The number of hydrogen-bond donors (Lipinski definition) is 1. The molecule has 0 radical (unpaired) electrons. The van der Waals surface area contributed by atoms with E-state index in [1.165, 1.54) is 73.6 Å². The number of nitrogens with two attached hydrogens (primary N) is 1. The maximum atomic E-state index is 5.19. The Balaban J connectivity index is 0. The zero-order chi connectivity index (χ0) is 12.8. The fourth-order valence-corrected chi connectivity index (χ4v) is 2.97. The third kappa shape index (κ3) is 24.2. The monoisotopic (exact) mass is 312 g/mol. The molecule has 0 unspecified atom stereocenters. The van der Waals surface area contributed by atoms with Gasteiger partial charge in [-0.1, -0.05) is 37.8 Å². The zero-order valence-corrected chi connectivity index (χ0v) is 15.7. The molecule has 0 fully saturated rings. The maximum absolute atomic E-state index is 5.19. The molecule has 93 valence electrons. The Bertz CT molecular complexity index is 146.